The third kappa shape index (κ3) is 3.13. The number of likely N-dealkylation sites (tertiary alicyclic amines) is 1. The van der Waals surface area contributed by atoms with Crippen molar-refractivity contribution in [1.82, 2.24) is 10.2 Å². The molecule has 1 spiro atoms. The molecular weight excluding hydrogens is 236 g/mol. The number of rotatable bonds is 3. The van der Waals surface area contributed by atoms with Gasteiger partial charge in [0.15, 0.2) is 0 Å². The SMILES string of the molecule is CC1CCC2(CC1)CN(CC(=O)NC1CCCC1)C2. The zero-order chi connectivity index (χ0) is 13.3. The molecule has 0 aromatic heterocycles. The monoisotopic (exact) mass is 264 g/mol. The van der Waals surface area contributed by atoms with Gasteiger partial charge in [0.25, 0.3) is 0 Å². The summed E-state index contributed by atoms with van der Waals surface area (Å²) in [7, 11) is 0. The van der Waals surface area contributed by atoms with Gasteiger partial charge in [-0.25, -0.2) is 0 Å². The molecule has 3 nitrogen and oxygen atoms in total. The van der Waals surface area contributed by atoms with Crippen molar-refractivity contribution >= 4 is 5.91 Å². The fourth-order valence-electron chi connectivity index (χ4n) is 4.25. The highest BCUT2D eigenvalue weighted by Gasteiger charge is 2.44. The van der Waals surface area contributed by atoms with E-state index >= 15 is 0 Å². The summed E-state index contributed by atoms with van der Waals surface area (Å²) in [4.78, 5) is 14.3. The third-order valence-electron chi connectivity index (χ3n) is 5.54. The van der Waals surface area contributed by atoms with Gasteiger partial charge in [0.2, 0.25) is 5.91 Å². The minimum absolute atomic E-state index is 0.255. The van der Waals surface area contributed by atoms with Gasteiger partial charge >= 0.3 is 0 Å². The molecular formula is C16H28N2O. The van der Waals surface area contributed by atoms with Crippen molar-refractivity contribution in [2.24, 2.45) is 11.3 Å². The van der Waals surface area contributed by atoms with E-state index < -0.39 is 0 Å². The number of carbonyl (C=O) groups is 1. The Balaban J connectivity index is 1.37. The van der Waals surface area contributed by atoms with E-state index in [2.05, 4.69) is 17.1 Å². The van der Waals surface area contributed by atoms with Crippen LogP contribution in [0.5, 0.6) is 0 Å². The van der Waals surface area contributed by atoms with Crippen LogP contribution in [0, 0.1) is 11.3 Å². The fraction of sp³-hybridized carbons (Fsp3) is 0.938. The number of nitrogens with one attached hydrogen (secondary N) is 1. The quantitative estimate of drug-likeness (QED) is 0.849. The number of amides is 1. The van der Waals surface area contributed by atoms with Crippen LogP contribution in [0.2, 0.25) is 0 Å². The average Bonchev–Trinajstić information content (AvgIpc) is 2.83. The molecule has 1 heterocycles. The van der Waals surface area contributed by atoms with Crippen molar-refractivity contribution in [3.05, 3.63) is 0 Å². The Morgan fingerprint density at radius 3 is 2.42 bits per heavy atom. The molecule has 1 amide bonds. The first kappa shape index (κ1) is 13.4. The van der Waals surface area contributed by atoms with Gasteiger partial charge < -0.3 is 5.32 Å². The van der Waals surface area contributed by atoms with E-state index in [9.17, 15) is 4.79 Å². The molecule has 108 valence electrons. The third-order valence-corrected chi connectivity index (χ3v) is 5.54. The van der Waals surface area contributed by atoms with Crippen molar-refractivity contribution in [2.75, 3.05) is 19.6 Å². The van der Waals surface area contributed by atoms with Crippen LogP contribution in [0.4, 0.5) is 0 Å². The van der Waals surface area contributed by atoms with Crippen molar-refractivity contribution < 1.29 is 4.79 Å². The van der Waals surface area contributed by atoms with Crippen molar-refractivity contribution in [3.8, 4) is 0 Å². The highest BCUT2D eigenvalue weighted by atomic mass is 16.2. The molecule has 2 saturated carbocycles. The van der Waals surface area contributed by atoms with Crippen LogP contribution in [0.3, 0.4) is 0 Å². The molecule has 0 aromatic carbocycles. The average molecular weight is 264 g/mol. The molecule has 0 atom stereocenters. The topological polar surface area (TPSA) is 32.3 Å². The van der Waals surface area contributed by atoms with Crippen LogP contribution >= 0.6 is 0 Å². The summed E-state index contributed by atoms with van der Waals surface area (Å²) in [6, 6.07) is 0.471. The maximum atomic E-state index is 12.0. The van der Waals surface area contributed by atoms with E-state index in [1.165, 1.54) is 51.4 Å². The molecule has 1 saturated heterocycles. The smallest absolute Gasteiger partial charge is 0.234 e. The first-order chi connectivity index (χ1) is 9.15. The zero-order valence-corrected chi connectivity index (χ0v) is 12.3. The number of nitrogens with zero attached hydrogens (tertiary/aromatic N) is 1. The Labute approximate surface area is 117 Å². The molecule has 3 aliphatic rings. The Morgan fingerprint density at radius 1 is 1.16 bits per heavy atom. The van der Waals surface area contributed by atoms with Crippen LogP contribution in [0.1, 0.15) is 58.3 Å². The normalized spacial score (nSPS) is 28.5. The van der Waals surface area contributed by atoms with E-state index in [1.54, 1.807) is 0 Å². The molecule has 1 aliphatic heterocycles. The molecule has 1 N–H and O–H groups in total. The summed E-state index contributed by atoms with van der Waals surface area (Å²) < 4.78 is 0. The summed E-state index contributed by atoms with van der Waals surface area (Å²) in [5, 5.41) is 3.20. The number of carbonyl (C=O) groups excluding carboxylic acids is 1. The van der Waals surface area contributed by atoms with Gasteiger partial charge in [0.1, 0.15) is 0 Å². The van der Waals surface area contributed by atoms with Gasteiger partial charge in [0.05, 0.1) is 6.54 Å². The largest absolute Gasteiger partial charge is 0.352 e. The van der Waals surface area contributed by atoms with E-state index in [1.807, 2.05) is 0 Å². The van der Waals surface area contributed by atoms with Gasteiger partial charge in [-0.1, -0.05) is 32.6 Å². The number of hydrogen-bond donors (Lipinski definition) is 1. The molecule has 0 bridgehead atoms. The minimum Gasteiger partial charge on any atom is -0.352 e. The Kier molecular flexibility index (Phi) is 3.84. The Bertz CT molecular complexity index is 320. The molecule has 0 aromatic rings. The second kappa shape index (κ2) is 5.43. The highest BCUT2D eigenvalue weighted by molar-refractivity contribution is 5.78. The zero-order valence-electron chi connectivity index (χ0n) is 12.3. The summed E-state index contributed by atoms with van der Waals surface area (Å²) in [6.45, 7) is 5.34. The van der Waals surface area contributed by atoms with E-state index in [4.69, 9.17) is 0 Å². The maximum absolute atomic E-state index is 12.0. The molecule has 3 fully saturated rings. The van der Waals surface area contributed by atoms with Crippen LogP contribution in [-0.4, -0.2) is 36.5 Å². The van der Waals surface area contributed by atoms with Crippen molar-refractivity contribution in [1.29, 1.82) is 0 Å². The molecule has 3 rings (SSSR count). The van der Waals surface area contributed by atoms with Gasteiger partial charge in [-0.2, -0.15) is 0 Å². The summed E-state index contributed by atoms with van der Waals surface area (Å²) >= 11 is 0. The second-order valence-corrected chi connectivity index (χ2v) is 7.38. The van der Waals surface area contributed by atoms with Crippen molar-refractivity contribution in [2.45, 2.75) is 64.3 Å². The Hall–Kier alpha value is -0.570. The second-order valence-electron chi connectivity index (χ2n) is 7.38. The maximum Gasteiger partial charge on any atom is 0.234 e. The van der Waals surface area contributed by atoms with E-state index in [0.29, 0.717) is 18.0 Å². The standard InChI is InChI=1S/C16H28N2O/c1-13-6-8-16(9-7-13)11-18(12-16)10-15(19)17-14-4-2-3-5-14/h13-14H,2-12H2,1H3,(H,17,19). The van der Waals surface area contributed by atoms with Crippen LogP contribution in [-0.2, 0) is 4.79 Å². The lowest BCUT2D eigenvalue weighted by atomic mass is 9.66. The van der Waals surface area contributed by atoms with E-state index in [-0.39, 0.29) is 5.91 Å². The van der Waals surface area contributed by atoms with Gasteiger partial charge in [-0.05, 0) is 37.0 Å². The highest BCUT2D eigenvalue weighted by Crippen LogP contribution is 2.45. The van der Waals surface area contributed by atoms with Gasteiger partial charge in [0, 0.05) is 19.1 Å². The predicted octanol–water partition coefficient (Wildman–Crippen LogP) is 2.56. The molecule has 3 heteroatoms. The predicted molar refractivity (Wildman–Crippen MR) is 76.9 cm³/mol. The van der Waals surface area contributed by atoms with Crippen LogP contribution in [0.15, 0.2) is 0 Å². The molecule has 2 aliphatic carbocycles. The lowest BCUT2D eigenvalue weighted by Crippen LogP contribution is -2.59. The molecule has 0 unspecified atom stereocenters. The first-order valence-corrected chi connectivity index (χ1v) is 8.17. The lowest BCUT2D eigenvalue weighted by Gasteiger charge is -2.53. The minimum atomic E-state index is 0.255. The van der Waals surface area contributed by atoms with Gasteiger partial charge in [-0.3, -0.25) is 9.69 Å². The lowest BCUT2D eigenvalue weighted by molar-refractivity contribution is -0.127. The fourth-order valence-corrected chi connectivity index (χ4v) is 4.25. The van der Waals surface area contributed by atoms with E-state index in [0.717, 1.165) is 19.0 Å². The summed E-state index contributed by atoms with van der Waals surface area (Å²) in [6.07, 6.45) is 10.5. The first-order valence-electron chi connectivity index (χ1n) is 8.17. The van der Waals surface area contributed by atoms with Gasteiger partial charge in [-0.15, -0.1) is 0 Å². The summed E-state index contributed by atoms with van der Waals surface area (Å²) in [5.74, 6) is 1.18. The van der Waals surface area contributed by atoms with Crippen LogP contribution < -0.4 is 5.32 Å². The summed E-state index contributed by atoms with van der Waals surface area (Å²) in [5.41, 5.74) is 0.583. The molecule has 0 radical (unpaired) electrons. The van der Waals surface area contributed by atoms with Crippen molar-refractivity contribution in [3.63, 3.8) is 0 Å². The number of hydrogen-bond acceptors (Lipinski definition) is 2. The molecule has 19 heavy (non-hydrogen) atoms. The Morgan fingerprint density at radius 2 is 1.79 bits per heavy atom. The van der Waals surface area contributed by atoms with Crippen LogP contribution in [0.25, 0.3) is 0 Å².